The van der Waals surface area contributed by atoms with Gasteiger partial charge in [-0.15, -0.1) is 0 Å². The van der Waals surface area contributed by atoms with Crippen LogP contribution in [0.5, 0.6) is 0 Å². The Morgan fingerprint density at radius 3 is 1.27 bits per heavy atom. The van der Waals surface area contributed by atoms with Crippen LogP contribution in [0, 0.1) is 17.8 Å². The second-order valence-corrected chi connectivity index (χ2v) is 13.7. The third-order valence-corrected chi connectivity index (χ3v) is 7.80. The molecule has 0 atom stereocenters. The zero-order chi connectivity index (χ0) is 22.6. The van der Waals surface area contributed by atoms with Crippen LogP contribution < -0.4 is 10.6 Å². The predicted molar refractivity (Wildman–Crippen MR) is 134 cm³/mol. The highest BCUT2D eigenvalue weighted by atomic mass is 15.1. The van der Waals surface area contributed by atoms with Gasteiger partial charge >= 0.3 is 0 Å². The summed E-state index contributed by atoms with van der Waals surface area (Å²) in [6, 6.07) is 0. The highest BCUT2D eigenvalue weighted by Gasteiger charge is 2.46. The Hall–Kier alpha value is -0.0800. The minimum absolute atomic E-state index is 0.253. The summed E-state index contributed by atoms with van der Waals surface area (Å²) in [5.74, 6) is 2.58. The van der Waals surface area contributed by atoms with E-state index in [0.29, 0.717) is 0 Å². The van der Waals surface area contributed by atoms with E-state index in [1.807, 2.05) is 0 Å². The van der Waals surface area contributed by atoms with Crippen LogP contribution in [-0.2, 0) is 0 Å². The summed E-state index contributed by atoms with van der Waals surface area (Å²) in [5.41, 5.74) is 1.01. The van der Waals surface area contributed by atoms with Gasteiger partial charge in [0.05, 0.1) is 0 Å². The maximum absolute atomic E-state index is 3.94. The molecular weight excluding hydrogens is 364 g/mol. The number of rotatable bonds is 10. The van der Waals surface area contributed by atoms with Crippen molar-refractivity contribution in [1.29, 1.82) is 0 Å². The summed E-state index contributed by atoms with van der Waals surface area (Å²) in [5, 5.41) is 7.87. The number of piperidine rings is 2. The van der Waals surface area contributed by atoms with Crippen molar-refractivity contribution in [3.8, 4) is 0 Å². The molecule has 2 heteroatoms. The van der Waals surface area contributed by atoms with Gasteiger partial charge in [0.2, 0.25) is 0 Å². The molecule has 0 aliphatic carbocycles. The molecule has 30 heavy (non-hydrogen) atoms. The molecule has 0 aromatic carbocycles. The highest BCUT2D eigenvalue weighted by molar-refractivity contribution is 5.03. The van der Waals surface area contributed by atoms with Crippen molar-refractivity contribution in [1.82, 2.24) is 10.6 Å². The van der Waals surface area contributed by atoms with E-state index in [1.54, 1.807) is 0 Å². The molecule has 2 aliphatic rings. The number of hydrogen-bond acceptors (Lipinski definition) is 2. The normalized spacial score (nSPS) is 26.2. The lowest BCUT2D eigenvalue weighted by Crippen LogP contribution is -2.61. The molecule has 2 nitrogen and oxygen atoms in total. The van der Waals surface area contributed by atoms with Crippen LogP contribution in [0.4, 0.5) is 0 Å². The summed E-state index contributed by atoms with van der Waals surface area (Å²) in [6.07, 6.45) is 16.8. The van der Waals surface area contributed by atoms with E-state index in [9.17, 15) is 0 Å². The first kappa shape index (κ1) is 26.2. The van der Waals surface area contributed by atoms with Crippen LogP contribution in [0.2, 0.25) is 0 Å². The van der Waals surface area contributed by atoms with Gasteiger partial charge in [0.1, 0.15) is 0 Å². The van der Waals surface area contributed by atoms with E-state index in [4.69, 9.17) is 0 Å². The van der Waals surface area contributed by atoms with Crippen molar-refractivity contribution in [2.24, 2.45) is 17.8 Å². The minimum atomic E-state index is 0.253. The van der Waals surface area contributed by atoms with Gasteiger partial charge in [-0.1, -0.05) is 51.9 Å². The van der Waals surface area contributed by atoms with Crippen molar-refractivity contribution in [2.75, 3.05) is 0 Å². The molecule has 2 heterocycles. The van der Waals surface area contributed by atoms with Crippen molar-refractivity contribution >= 4 is 0 Å². The Balaban J connectivity index is 2.10. The summed E-state index contributed by atoms with van der Waals surface area (Å²) >= 11 is 0. The Kier molecular flexibility index (Phi) is 8.93. The molecule has 0 spiro atoms. The molecule has 0 radical (unpaired) electrons. The molecular formula is C28H56N2. The molecule has 0 aromatic rings. The number of unbranched alkanes of at least 4 members (excludes halogenated alkanes) is 6. The van der Waals surface area contributed by atoms with Crippen LogP contribution in [0.3, 0.4) is 0 Å². The van der Waals surface area contributed by atoms with Crippen LogP contribution >= 0.6 is 0 Å². The molecule has 2 rings (SSSR count). The monoisotopic (exact) mass is 420 g/mol. The molecule has 2 aliphatic heterocycles. The van der Waals surface area contributed by atoms with Gasteiger partial charge in [0.15, 0.2) is 0 Å². The fraction of sp³-hybridized carbons (Fsp3) is 1.00. The number of hydrogen-bond donors (Lipinski definition) is 2. The zero-order valence-electron chi connectivity index (χ0n) is 22.2. The van der Waals surface area contributed by atoms with Crippen molar-refractivity contribution in [3.05, 3.63) is 0 Å². The van der Waals surface area contributed by atoms with Crippen molar-refractivity contribution < 1.29 is 0 Å². The van der Waals surface area contributed by atoms with Crippen LogP contribution in [0.1, 0.15) is 139 Å². The maximum atomic E-state index is 3.94. The SMILES string of the molecule is CCCCCCCCCC(C1CC(C)(C)NC(C)(C)C1)C1CC(C)(C)NC(C)(C)C1. The summed E-state index contributed by atoms with van der Waals surface area (Å²) in [4.78, 5) is 0. The van der Waals surface area contributed by atoms with Crippen molar-refractivity contribution in [2.45, 2.75) is 162 Å². The Labute approximate surface area is 190 Å². The van der Waals surface area contributed by atoms with Crippen molar-refractivity contribution in [3.63, 3.8) is 0 Å². The molecule has 2 fully saturated rings. The molecule has 2 N–H and O–H groups in total. The predicted octanol–water partition coefficient (Wildman–Crippen LogP) is 7.86. The van der Waals surface area contributed by atoms with E-state index < -0.39 is 0 Å². The lowest BCUT2D eigenvalue weighted by Gasteiger charge is -2.54. The average Bonchev–Trinajstić information content (AvgIpc) is 2.51. The molecule has 178 valence electrons. The second-order valence-electron chi connectivity index (χ2n) is 13.7. The van der Waals surface area contributed by atoms with Gasteiger partial charge < -0.3 is 10.6 Å². The largest absolute Gasteiger partial charge is 0.307 e. The summed E-state index contributed by atoms with van der Waals surface area (Å²) < 4.78 is 0. The quantitative estimate of drug-likeness (QED) is 0.351. The average molecular weight is 421 g/mol. The molecule has 0 saturated carbocycles. The molecule has 0 unspecified atom stereocenters. The van der Waals surface area contributed by atoms with E-state index in [-0.39, 0.29) is 22.2 Å². The zero-order valence-corrected chi connectivity index (χ0v) is 22.2. The maximum Gasteiger partial charge on any atom is 0.0132 e. The fourth-order valence-corrected chi connectivity index (χ4v) is 7.60. The van der Waals surface area contributed by atoms with Gasteiger partial charge in [0, 0.05) is 22.2 Å². The summed E-state index contributed by atoms with van der Waals surface area (Å²) in [6.45, 7) is 21.8. The van der Waals surface area contributed by atoms with Gasteiger partial charge in [-0.3, -0.25) is 0 Å². The van der Waals surface area contributed by atoms with Gasteiger partial charge in [-0.2, -0.15) is 0 Å². The Morgan fingerprint density at radius 1 is 0.567 bits per heavy atom. The smallest absolute Gasteiger partial charge is 0.0132 e. The fourth-order valence-electron chi connectivity index (χ4n) is 7.60. The minimum Gasteiger partial charge on any atom is -0.307 e. The van der Waals surface area contributed by atoms with Gasteiger partial charge in [0.25, 0.3) is 0 Å². The second kappa shape index (κ2) is 10.2. The first-order valence-electron chi connectivity index (χ1n) is 13.3. The molecule has 0 amide bonds. The number of nitrogens with one attached hydrogen (secondary N) is 2. The molecule has 2 saturated heterocycles. The summed E-state index contributed by atoms with van der Waals surface area (Å²) in [7, 11) is 0. The van der Waals surface area contributed by atoms with E-state index >= 15 is 0 Å². The first-order chi connectivity index (χ1) is 13.7. The highest BCUT2D eigenvalue weighted by Crippen LogP contribution is 2.47. The first-order valence-corrected chi connectivity index (χ1v) is 13.3. The third-order valence-electron chi connectivity index (χ3n) is 7.80. The third kappa shape index (κ3) is 8.45. The van der Waals surface area contributed by atoms with Crippen LogP contribution in [-0.4, -0.2) is 22.2 Å². The van der Waals surface area contributed by atoms with Gasteiger partial charge in [-0.05, 0) is 105 Å². The van der Waals surface area contributed by atoms with E-state index in [0.717, 1.165) is 17.8 Å². The van der Waals surface area contributed by atoms with Gasteiger partial charge in [-0.25, -0.2) is 0 Å². The Bertz CT molecular complexity index is 447. The van der Waals surface area contributed by atoms with E-state index in [1.165, 1.54) is 77.0 Å². The molecule has 0 aromatic heterocycles. The topological polar surface area (TPSA) is 24.1 Å². The van der Waals surface area contributed by atoms with Crippen LogP contribution in [0.15, 0.2) is 0 Å². The van der Waals surface area contributed by atoms with Crippen LogP contribution in [0.25, 0.3) is 0 Å². The van der Waals surface area contributed by atoms with E-state index in [2.05, 4.69) is 72.9 Å². The lowest BCUT2D eigenvalue weighted by atomic mass is 9.61. The Morgan fingerprint density at radius 2 is 0.900 bits per heavy atom. The lowest BCUT2D eigenvalue weighted by molar-refractivity contribution is 0.0206. The standard InChI is InChI=1S/C28H56N2/c1-10-11-12-13-14-15-16-17-24(22-18-25(2,3)29-26(4,5)19-22)23-20-27(6,7)30-28(8,9)21-23/h22-24,29-30H,10-21H2,1-9H3. The molecule has 0 bridgehead atoms.